The Balaban J connectivity index is 1.50. The summed E-state index contributed by atoms with van der Waals surface area (Å²) in [7, 11) is 1.41. The minimum absolute atomic E-state index is 0.219. The molecule has 0 aromatic heterocycles. The maximum Gasteiger partial charge on any atom is 0.337 e. The number of ether oxygens (including phenoxy) is 1. The molecule has 0 saturated heterocycles. The Kier molecular flexibility index (Phi) is 4.44. The van der Waals surface area contributed by atoms with Crippen molar-refractivity contribution in [3.8, 4) is 11.1 Å². The highest BCUT2D eigenvalue weighted by Crippen LogP contribution is 2.50. The molecule has 3 atom stereocenters. The van der Waals surface area contributed by atoms with E-state index < -0.39 is 0 Å². The van der Waals surface area contributed by atoms with Gasteiger partial charge in [-0.1, -0.05) is 60.7 Å². The third-order valence-corrected chi connectivity index (χ3v) is 6.16. The quantitative estimate of drug-likeness (QED) is 0.449. The molecule has 1 heterocycles. The number of nitrogens with one attached hydrogen (secondary N) is 1. The van der Waals surface area contributed by atoms with Gasteiger partial charge in [-0.05, 0) is 58.9 Å². The zero-order valence-corrected chi connectivity index (χ0v) is 16.3. The first-order valence-electron chi connectivity index (χ1n) is 10.1. The Hall–Kier alpha value is -3.33. The van der Waals surface area contributed by atoms with Crippen molar-refractivity contribution < 1.29 is 9.53 Å². The van der Waals surface area contributed by atoms with Crippen molar-refractivity contribution in [2.75, 3.05) is 12.4 Å². The summed E-state index contributed by atoms with van der Waals surface area (Å²) < 4.78 is 4.82. The lowest BCUT2D eigenvalue weighted by Gasteiger charge is -2.38. The number of methoxy groups -OCH3 is 1. The molecular formula is C26H23NO2. The number of hydrogen-bond donors (Lipinski definition) is 1. The van der Waals surface area contributed by atoms with E-state index in [0.717, 1.165) is 6.42 Å². The minimum Gasteiger partial charge on any atom is -0.465 e. The number of carbonyl (C=O) groups is 1. The van der Waals surface area contributed by atoms with E-state index in [4.69, 9.17) is 4.74 Å². The maximum atomic E-state index is 11.7. The van der Waals surface area contributed by atoms with Crippen LogP contribution in [0.15, 0.2) is 84.9 Å². The summed E-state index contributed by atoms with van der Waals surface area (Å²) in [6.45, 7) is 0. The number of hydrogen-bond acceptors (Lipinski definition) is 3. The van der Waals surface area contributed by atoms with E-state index in [1.54, 1.807) is 0 Å². The van der Waals surface area contributed by atoms with E-state index in [9.17, 15) is 4.79 Å². The van der Waals surface area contributed by atoms with Crippen molar-refractivity contribution in [2.45, 2.75) is 18.4 Å². The molecule has 0 spiro atoms. The van der Waals surface area contributed by atoms with Crippen LogP contribution in [-0.4, -0.2) is 13.1 Å². The number of fused-ring (bicyclic) bond motifs is 3. The Morgan fingerprint density at radius 1 is 0.966 bits per heavy atom. The van der Waals surface area contributed by atoms with Crippen LogP contribution in [0.5, 0.6) is 0 Å². The molecule has 3 nitrogen and oxygen atoms in total. The summed E-state index contributed by atoms with van der Waals surface area (Å²) in [6, 6.07) is 25.3. The van der Waals surface area contributed by atoms with E-state index in [1.807, 2.05) is 24.3 Å². The molecule has 1 aliphatic heterocycles. The van der Waals surface area contributed by atoms with Crippen LogP contribution < -0.4 is 5.32 Å². The molecule has 3 aromatic rings. The van der Waals surface area contributed by atoms with Gasteiger partial charge in [-0.3, -0.25) is 0 Å². The molecule has 0 unspecified atom stereocenters. The summed E-state index contributed by atoms with van der Waals surface area (Å²) >= 11 is 0. The molecule has 0 amide bonds. The van der Waals surface area contributed by atoms with Gasteiger partial charge in [0.25, 0.3) is 0 Å². The highest BCUT2D eigenvalue weighted by molar-refractivity contribution is 5.89. The molecule has 5 rings (SSSR count). The number of carbonyl (C=O) groups excluding carboxylic acids is 1. The van der Waals surface area contributed by atoms with E-state index in [2.05, 4.69) is 66.0 Å². The van der Waals surface area contributed by atoms with E-state index in [1.165, 1.54) is 35.1 Å². The third-order valence-electron chi connectivity index (χ3n) is 6.16. The fourth-order valence-electron chi connectivity index (χ4n) is 4.68. The largest absolute Gasteiger partial charge is 0.465 e. The van der Waals surface area contributed by atoms with Crippen molar-refractivity contribution in [1.82, 2.24) is 0 Å². The molecule has 3 heteroatoms. The van der Waals surface area contributed by atoms with Crippen LogP contribution in [0.4, 0.5) is 5.69 Å². The first-order valence-corrected chi connectivity index (χ1v) is 10.1. The van der Waals surface area contributed by atoms with Gasteiger partial charge in [-0.15, -0.1) is 0 Å². The summed E-state index contributed by atoms with van der Waals surface area (Å²) in [5.74, 6) is 0.574. The highest BCUT2D eigenvalue weighted by Gasteiger charge is 2.38. The second-order valence-corrected chi connectivity index (χ2v) is 7.76. The second-order valence-electron chi connectivity index (χ2n) is 7.76. The van der Waals surface area contributed by atoms with Gasteiger partial charge in [0.2, 0.25) is 0 Å². The van der Waals surface area contributed by atoms with Crippen molar-refractivity contribution in [3.05, 3.63) is 102 Å². The van der Waals surface area contributed by atoms with Gasteiger partial charge in [-0.25, -0.2) is 4.79 Å². The molecule has 0 bridgehead atoms. The average molecular weight is 381 g/mol. The zero-order valence-electron chi connectivity index (χ0n) is 16.3. The third kappa shape index (κ3) is 3.13. The smallest absolute Gasteiger partial charge is 0.337 e. The molecular weight excluding hydrogens is 358 g/mol. The van der Waals surface area contributed by atoms with Crippen molar-refractivity contribution in [2.24, 2.45) is 5.92 Å². The van der Waals surface area contributed by atoms with E-state index >= 15 is 0 Å². The van der Waals surface area contributed by atoms with Gasteiger partial charge in [0.15, 0.2) is 0 Å². The highest BCUT2D eigenvalue weighted by atomic mass is 16.5. The first kappa shape index (κ1) is 17.7. The lowest BCUT2D eigenvalue weighted by atomic mass is 9.76. The molecule has 29 heavy (non-hydrogen) atoms. The maximum absolute atomic E-state index is 11.7. The molecule has 0 fully saturated rings. The number of rotatable bonds is 3. The van der Waals surface area contributed by atoms with Crippen molar-refractivity contribution in [1.29, 1.82) is 0 Å². The van der Waals surface area contributed by atoms with Crippen LogP contribution in [0, 0.1) is 5.92 Å². The molecule has 0 radical (unpaired) electrons. The van der Waals surface area contributed by atoms with E-state index in [-0.39, 0.29) is 12.0 Å². The van der Waals surface area contributed by atoms with Crippen LogP contribution in [-0.2, 0) is 4.74 Å². The molecule has 3 aromatic carbocycles. The Morgan fingerprint density at radius 3 is 2.52 bits per heavy atom. The summed E-state index contributed by atoms with van der Waals surface area (Å²) in [6.07, 6.45) is 5.71. The molecule has 1 N–H and O–H groups in total. The number of benzene rings is 3. The molecule has 0 saturated carbocycles. The first-order chi connectivity index (χ1) is 14.2. The fraction of sp³-hybridized carbons (Fsp3) is 0.192. The number of esters is 1. The molecule has 2 aliphatic rings. The minimum atomic E-state index is -0.299. The topological polar surface area (TPSA) is 38.3 Å². The van der Waals surface area contributed by atoms with Gasteiger partial charge in [0, 0.05) is 11.6 Å². The Bertz CT molecular complexity index is 1070. The second kappa shape index (κ2) is 7.25. The van der Waals surface area contributed by atoms with Crippen molar-refractivity contribution in [3.63, 3.8) is 0 Å². The molecule has 144 valence electrons. The standard InChI is InChI=1S/C26H23NO2/c1-29-26(28)19-12-10-18(11-13-19)25-22-9-5-8-21(22)23-16-20(14-15-24(23)27-25)17-6-3-2-4-7-17/h2-8,10-16,21-22,25,27H,9H2,1H3/t21-,22-,25-/m0/s1. The predicted octanol–water partition coefficient (Wildman–Crippen LogP) is 5.97. The Morgan fingerprint density at radius 2 is 1.76 bits per heavy atom. The summed E-state index contributed by atoms with van der Waals surface area (Å²) in [5, 5.41) is 3.77. The average Bonchev–Trinajstić information content (AvgIpc) is 3.29. The number of allylic oxidation sites excluding steroid dienone is 2. The van der Waals surface area contributed by atoms with Gasteiger partial charge in [0.05, 0.1) is 18.7 Å². The SMILES string of the molecule is COC(=O)c1ccc([C@@H]2Nc3ccc(-c4ccccc4)cc3[C@H]3C=CC[C@@H]32)cc1. The van der Waals surface area contributed by atoms with Crippen LogP contribution >= 0.6 is 0 Å². The van der Waals surface area contributed by atoms with Gasteiger partial charge >= 0.3 is 5.97 Å². The zero-order chi connectivity index (χ0) is 19.8. The van der Waals surface area contributed by atoms with Gasteiger partial charge in [0.1, 0.15) is 0 Å². The van der Waals surface area contributed by atoms with Gasteiger partial charge < -0.3 is 10.1 Å². The number of anilines is 1. The van der Waals surface area contributed by atoms with Crippen molar-refractivity contribution >= 4 is 11.7 Å². The van der Waals surface area contributed by atoms with Crippen LogP contribution in [0.2, 0.25) is 0 Å². The normalized spacial score (nSPS) is 21.8. The van der Waals surface area contributed by atoms with E-state index in [0.29, 0.717) is 17.4 Å². The van der Waals surface area contributed by atoms with Crippen LogP contribution in [0.3, 0.4) is 0 Å². The van der Waals surface area contributed by atoms with Crippen LogP contribution in [0.25, 0.3) is 11.1 Å². The van der Waals surface area contributed by atoms with Crippen LogP contribution in [0.1, 0.15) is 39.9 Å². The van der Waals surface area contributed by atoms with Gasteiger partial charge in [-0.2, -0.15) is 0 Å². The lowest BCUT2D eigenvalue weighted by molar-refractivity contribution is 0.0600. The lowest BCUT2D eigenvalue weighted by Crippen LogP contribution is -2.29. The summed E-state index contributed by atoms with van der Waals surface area (Å²) in [4.78, 5) is 11.7. The monoisotopic (exact) mass is 381 g/mol. The Labute approximate surface area is 171 Å². The predicted molar refractivity (Wildman–Crippen MR) is 116 cm³/mol. The summed E-state index contributed by atoms with van der Waals surface area (Å²) in [5.41, 5.74) is 6.85. The molecule has 1 aliphatic carbocycles. The fourth-order valence-corrected chi connectivity index (χ4v) is 4.68.